The molecule has 0 nitrogen and oxygen atoms in total. The summed E-state index contributed by atoms with van der Waals surface area (Å²) in [6.45, 7) is 0. The molecule has 0 bridgehead atoms. The molecule has 0 heterocycles. The van der Waals surface area contributed by atoms with Gasteiger partial charge >= 0.3 is 12.4 Å². The highest BCUT2D eigenvalue weighted by Gasteiger charge is 2.32. The molecule has 8 heteroatoms. The first-order chi connectivity index (χ1) is 13.1. The Balaban J connectivity index is 2.08. The molecule has 0 aliphatic carbocycles. The molecule has 146 valence electrons. The van der Waals surface area contributed by atoms with E-state index in [1.807, 2.05) is 0 Å². The summed E-state index contributed by atoms with van der Waals surface area (Å²) in [5, 5.41) is 2.31. The van der Waals surface area contributed by atoms with Crippen LogP contribution in [0.4, 0.5) is 26.3 Å². The lowest BCUT2D eigenvalue weighted by atomic mass is 10.2. The van der Waals surface area contributed by atoms with Gasteiger partial charge in [-0.1, -0.05) is 48.0 Å². The van der Waals surface area contributed by atoms with Gasteiger partial charge in [0.05, 0.1) is 11.1 Å². The molecule has 0 fully saturated rings. The zero-order valence-electron chi connectivity index (χ0n) is 14.0. The Morgan fingerprint density at radius 1 is 0.571 bits per heavy atom. The molecule has 0 radical (unpaired) electrons. The second-order valence-corrected chi connectivity index (χ2v) is 8.56. The molecule has 0 atom stereocenters. The van der Waals surface area contributed by atoms with E-state index in [0.29, 0.717) is 15.6 Å². The Morgan fingerprint density at radius 3 is 1.36 bits per heavy atom. The van der Waals surface area contributed by atoms with Gasteiger partial charge in [-0.2, -0.15) is 26.3 Å². The summed E-state index contributed by atoms with van der Waals surface area (Å²) in [5.41, 5.74) is -1.57. The molecular weight excluding hydrogens is 421 g/mol. The predicted molar refractivity (Wildman–Crippen MR) is 100 cm³/mol. The molecule has 28 heavy (non-hydrogen) atoms. The Hall–Kier alpha value is -2.04. The van der Waals surface area contributed by atoms with Crippen LogP contribution >= 0.6 is 19.5 Å². The minimum atomic E-state index is -4.47. The molecule has 3 rings (SSSR count). The van der Waals surface area contributed by atoms with Gasteiger partial charge in [-0.3, -0.25) is 0 Å². The highest BCUT2D eigenvalue weighted by Crippen LogP contribution is 2.37. The van der Waals surface area contributed by atoms with E-state index < -0.39 is 31.4 Å². The van der Waals surface area contributed by atoms with Crippen LogP contribution in [0.5, 0.6) is 0 Å². The van der Waals surface area contributed by atoms with Gasteiger partial charge in [0, 0.05) is 5.02 Å². The minimum Gasteiger partial charge on any atom is -0.166 e. The topological polar surface area (TPSA) is 0 Å². The standard InChI is InChI=1S/C20H12ClF6P/c21-15-2-1-3-18(12-15)28(16-8-4-13(5-9-16)19(22,23)24)17-10-6-14(7-11-17)20(25,26)27/h1-12H. The third-order valence-corrected chi connectivity index (χ3v) is 6.63. The van der Waals surface area contributed by atoms with Crippen LogP contribution in [-0.2, 0) is 12.4 Å². The van der Waals surface area contributed by atoms with E-state index in [1.165, 1.54) is 24.3 Å². The van der Waals surface area contributed by atoms with Crippen molar-refractivity contribution in [2.24, 2.45) is 0 Å². The van der Waals surface area contributed by atoms with Crippen molar-refractivity contribution in [3.8, 4) is 0 Å². The van der Waals surface area contributed by atoms with Gasteiger partial charge in [0.2, 0.25) is 0 Å². The molecule has 3 aromatic rings. The van der Waals surface area contributed by atoms with Crippen LogP contribution in [0.3, 0.4) is 0 Å². The molecule has 3 aromatic carbocycles. The van der Waals surface area contributed by atoms with Crippen molar-refractivity contribution in [2.75, 3.05) is 0 Å². The average molecular weight is 433 g/mol. The third kappa shape index (κ3) is 4.68. The lowest BCUT2D eigenvalue weighted by molar-refractivity contribution is -0.138. The lowest BCUT2D eigenvalue weighted by Crippen LogP contribution is -2.21. The van der Waals surface area contributed by atoms with E-state index in [9.17, 15) is 26.3 Å². The Labute approximate surface area is 163 Å². The largest absolute Gasteiger partial charge is 0.416 e. The highest BCUT2D eigenvalue weighted by molar-refractivity contribution is 7.79. The van der Waals surface area contributed by atoms with E-state index in [-0.39, 0.29) is 0 Å². The molecule has 0 N–H and O–H groups in total. The summed E-state index contributed by atoms with van der Waals surface area (Å²) in [6.07, 6.45) is -8.93. The summed E-state index contributed by atoms with van der Waals surface area (Å²) < 4.78 is 77.1. The number of halogens is 7. The van der Waals surface area contributed by atoms with Crippen LogP contribution in [-0.4, -0.2) is 0 Å². The van der Waals surface area contributed by atoms with Gasteiger partial charge in [-0.05, 0) is 60.2 Å². The maximum absolute atomic E-state index is 12.9. The number of benzene rings is 3. The van der Waals surface area contributed by atoms with Crippen LogP contribution < -0.4 is 15.9 Å². The molecule has 0 saturated carbocycles. The average Bonchev–Trinajstić information content (AvgIpc) is 2.61. The molecule has 0 aliphatic heterocycles. The first-order valence-corrected chi connectivity index (χ1v) is 9.68. The fourth-order valence-corrected chi connectivity index (χ4v) is 5.22. The third-order valence-electron chi connectivity index (χ3n) is 3.97. The number of rotatable bonds is 3. The minimum absolute atomic E-state index is 0.434. The second-order valence-electron chi connectivity index (χ2n) is 5.90. The van der Waals surface area contributed by atoms with Crippen LogP contribution in [0, 0.1) is 0 Å². The second kappa shape index (κ2) is 7.76. The van der Waals surface area contributed by atoms with Crippen LogP contribution in [0.15, 0.2) is 72.8 Å². The Morgan fingerprint density at radius 2 is 1.00 bits per heavy atom. The molecule has 0 aromatic heterocycles. The Bertz CT molecular complexity index is 889. The first kappa shape index (κ1) is 20.7. The molecule has 0 aliphatic rings. The monoisotopic (exact) mass is 432 g/mol. The number of hydrogen-bond donors (Lipinski definition) is 0. The van der Waals surface area contributed by atoms with Crippen molar-refractivity contribution < 1.29 is 26.3 Å². The quantitative estimate of drug-likeness (QED) is 0.345. The summed E-state index contributed by atoms with van der Waals surface area (Å²) in [7, 11) is -1.38. The van der Waals surface area contributed by atoms with Gasteiger partial charge in [0.25, 0.3) is 0 Å². The SMILES string of the molecule is FC(F)(F)c1ccc(P(c2ccc(C(F)(F)F)cc2)c2cccc(Cl)c2)cc1. The summed E-state index contributed by atoms with van der Waals surface area (Å²) in [4.78, 5) is 0. The zero-order valence-corrected chi connectivity index (χ0v) is 15.7. The van der Waals surface area contributed by atoms with Gasteiger partial charge < -0.3 is 0 Å². The van der Waals surface area contributed by atoms with Crippen LogP contribution in [0.1, 0.15) is 11.1 Å². The Kier molecular flexibility index (Phi) is 5.74. The van der Waals surface area contributed by atoms with Crippen LogP contribution in [0.2, 0.25) is 5.02 Å². The number of hydrogen-bond acceptors (Lipinski definition) is 0. The summed E-state index contributed by atoms with van der Waals surface area (Å²) in [5.74, 6) is 0. The van der Waals surface area contributed by atoms with Crippen molar-refractivity contribution in [3.05, 3.63) is 88.9 Å². The predicted octanol–water partition coefficient (Wildman–Crippen LogP) is 6.14. The van der Waals surface area contributed by atoms with E-state index in [1.54, 1.807) is 24.3 Å². The summed E-state index contributed by atoms with van der Waals surface area (Å²) in [6, 6.07) is 16.1. The molecule has 0 unspecified atom stereocenters. The smallest absolute Gasteiger partial charge is 0.166 e. The van der Waals surface area contributed by atoms with Crippen molar-refractivity contribution in [3.63, 3.8) is 0 Å². The van der Waals surface area contributed by atoms with E-state index in [2.05, 4.69) is 0 Å². The van der Waals surface area contributed by atoms with Gasteiger partial charge in [-0.25, -0.2) is 0 Å². The normalized spacial score (nSPS) is 12.4. The van der Waals surface area contributed by atoms with Crippen molar-refractivity contribution in [2.45, 2.75) is 12.4 Å². The molecule has 0 spiro atoms. The highest BCUT2D eigenvalue weighted by atomic mass is 35.5. The van der Waals surface area contributed by atoms with Gasteiger partial charge in [-0.15, -0.1) is 0 Å². The fraction of sp³-hybridized carbons (Fsp3) is 0.100. The number of alkyl halides is 6. The molecule has 0 saturated heterocycles. The van der Waals surface area contributed by atoms with E-state index in [0.717, 1.165) is 29.6 Å². The maximum Gasteiger partial charge on any atom is 0.416 e. The first-order valence-electron chi connectivity index (χ1n) is 7.96. The molecular formula is C20H12ClF6P. The van der Waals surface area contributed by atoms with Crippen molar-refractivity contribution in [1.82, 2.24) is 0 Å². The fourth-order valence-electron chi connectivity index (χ4n) is 2.66. The van der Waals surface area contributed by atoms with Gasteiger partial charge in [0.1, 0.15) is 0 Å². The lowest BCUT2D eigenvalue weighted by Gasteiger charge is -2.21. The van der Waals surface area contributed by atoms with E-state index in [4.69, 9.17) is 11.6 Å². The zero-order chi connectivity index (χ0) is 20.5. The maximum atomic E-state index is 12.9. The van der Waals surface area contributed by atoms with E-state index >= 15 is 0 Å². The molecule has 0 amide bonds. The van der Waals surface area contributed by atoms with Crippen LogP contribution in [0.25, 0.3) is 0 Å². The van der Waals surface area contributed by atoms with Gasteiger partial charge in [0.15, 0.2) is 0 Å². The summed E-state index contributed by atoms with van der Waals surface area (Å²) >= 11 is 6.05. The van der Waals surface area contributed by atoms with Crippen molar-refractivity contribution in [1.29, 1.82) is 0 Å². The van der Waals surface area contributed by atoms with Crippen molar-refractivity contribution >= 4 is 35.4 Å².